The van der Waals surface area contributed by atoms with Crippen molar-refractivity contribution < 1.29 is 4.79 Å². The molecule has 6 nitrogen and oxygen atoms in total. The summed E-state index contributed by atoms with van der Waals surface area (Å²) in [5, 5.41) is 10.8. The van der Waals surface area contributed by atoms with E-state index in [2.05, 4.69) is 20.5 Å². The first kappa shape index (κ1) is 15.2. The number of benzene rings is 1. The van der Waals surface area contributed by atoms with Crippen LogP contribution < -0.4 is 10.9 Å². The predicted molar refractivity (Wildman–Crippen MR) is 88.7 cm³/mol. The van der Waals surface area contributed by atoms with Gasteiger partial charge in [0.1, 0.15) is 5.82 Å². The molecule has 0 spiro atoms. The predicted octanol–water partition coefficient (Wildman–Crippen LogP) is 2.46. The van der Waals surface area contributed by atoms with Crippen molar-refractivity contribution in [3.05, 3.63) is 63.2 Å². The third-order valence-corrected chi connectivity index (χ3v) is 3.81. The number of halogens is 1. The third-order valence-electron chi connectivity index (χ3n) is 3.42. The van der Waals surface area contributed by atoms with E-state index >= 15 is 0 Å². The zero-order valence-electron chi connectivity index (χ0n) is 12.3. The molecule has 116 valence electrons. The van der Waals surface area contributed by atoms with Crippen LogP contribution in [0.5, 0.6) is 0 Å². The summed E-state index contributed by atoms with van der Waals surface area (Å²) in [7, 11) is 0. The topological polar surface area (TPSA) is 87.7 Å². The van der Waals surface area contributed by atoms with Crippen molar-refractivity contribution in [2.24, 2.45) is 0 Å². The Bertz CT molecular complexity index is 952. The number of aryl methyl sites for hydroxylation is 1. The lowest BCUT2D eigenvalue weighted by Crippen LogP contribution is -2.19. The van der Waals surface area contributed by atoms with E-state index in [0.29, 0.717) is 27.3 Å². The maximum atomic E-state index is 12.2. The molecule has 0 saturated heterocycles. The number of carbonyl (C=O) groups is 1. The lowest BCUT2D eigenvalue weighted by atomic mass is 10.1. The highest BCUT2D eigenvalue weighted by Crippen LogP contribution is 2.17. The highest BCUT2D eigenvalue weighted by Gasteiger charge is 2.11. The molecule has 0 fully saturated rings. The first-order chi connectivity index (χ1) is 11.0. The molecule has 1 amide bonds. The summed E-state index contributed by atoms with van der Waals surface area (Å²) >= 11 is 5.91. The van der Waals surface area contributed by atoms with E-state index in [9.17, 15) is 9.59 Å². The number of hydrogen-bond donors (Lipinski definition) is 2. The van der Waals surface area contributed by atoms with Crippen molar-refractivity contribution in [2.75, 3.05) is 5.32 Å². The second-order valence-electron chi connectivity index (χ2n) is 5.09. The van der Waals surface area contributed by atoms with E-state index in [1.807, 2.05) is 6.92 Å². The van der Waals surface area contributed by atoms with E-state index < -0.39 is 0 Å². The zero-order valence-corrected chi connectivity index (χ0v) is 13.0. The third kappa shape index (κ3) is 3.22. The molecular weight excluding hydrogens is 316 g/mol. The monoisotopic (exact) mass is 328 g/mol. The van der Waals surface area contributed by atoms with Gasteiger partial charge in [-0.2, -0.15) is 5.10 Å². The average molecular weight is 329 g/mol. The van der Waals surface area contributed by atoms with Crippen molar-refractivity contribution >= 4 is 34.1 Å². The number of aromatic nitrogens is 3. The van der Waals surface area contributed by atoms with Crippen molar-refractivity contribution in [1.29, 1.82) is 0 Å². The number of nitrogens with zero attached hydrogens (tertiary/aromatic N) is 2. The van der Waals surface area contributed by atoms with Crippen molar-refractivity contribution in [3.63, 3.8) is 0 Å². The molecule has 0 unspecified atom stereocenters. The van der Waals surface area contributed by atoms with E-state index in [0.717, 1.165) is 5.56 Å². The van der Waals surface area contributed by atoms with Gasteiger partial charge in [-0.3, -0.25) is 9.59 Å². The fourth-order valence-corrected chi connectivity index (χ4v) is 2.36. The largest absolute Gasteiger partial charge is 0.310 e. The summed E-state index contributed by atoms with van der Waals surface area (Å²) in [6, 6.07) is 8.72. The SMILES string of the molecule is Cc1cc(NC(=O)Cc2n[nH]c(=O)c3ccccc23)ncc1Cl. The molecule has 23 heavy (non-hydrogen) atoms. The Morgan fingerprint density at radius 3 is 2.78 bits per heavy atom. The van der Waals surface area contributed by atoms with Crippen LogP contribution in [0.2, 0.25) is 5.02 Å². The maximum absolute atomic E-state index is 12.2. The van der Waals surface area contributed by atoms with Gasteiger partial charge in [-0.25, -0.2) is 10.1 Å². The van der Waals surface area contributed by atoms with Crippen LogP contribution in [0.1, 0.15) is 11.3 Å². The number of fused-ring (bicyclic) bond motifs is 1. The fraction of sp³-hybridized carbons (Fsp3) is 0.125. The lowest BCUT2D eigenvalue weighted by Gasteiger charge is -2.07. The van der Waals surface area contributed by atoms with E-state index in [-0.39, 0.29) is 17.9 Å². The molecule has 0 bridgehead atoms. The molecule has 0 aliphatic heterocycles. The summed E-state index contributed by atoms with van der Waals surface area (Å²) in [5.74, 6) is 0.148. The lowest BCUT2D eigenvalue weighted by molar-refractivity contribution is -0.115. The molecule has 7 heteroatoms. The van der Waals surface area contributed by atoms with Gasteiger partial charge in [-0.15, -0.1) is 0 Å². The molecule has 1 aromatic carbocycles. The fourth-order valence-electron chi connectivity index (χ4n) is 2.25. The number of H-pyrrole nitrogens is 1. The molecule has 2 aromatic heterocycles. The molecule has 0 aliphatic rings. The molecule has 2 heterocycles. The minimum absolute atomic E-state index is 0.0284. The van der Waals surface area contributed by atoms with E-state index in [1.54, 1.807) is 30.3 Å². The van der Waals surface area contributed by atoms with Gasteiger partial charge in [0.2, 0.25) is 5.91 Å². The normalized spacial score (nSPS) is 10.7. The minimum Gasteiger partial charge on any atom is -0.310 e. The maximum Gasteiger partial charge on any atom is 0.272 e. The number of pyridine rings is 1. The molecule has 0 aliphatic carbocycles. The van der Waals surface area contributed by atoms with Crippen LogP contribution in [0.25, 0.3) is 10.8 Å². The summed E-state index contributed by atoms with van der Waals surface area (Å²) in [4.78, 5) is 28.0. The van der Waals surface area contributed by atoms with Gasteiger partial charge in [0.05, 0.1) is 22.5 Å². The summed E-state index contributed by atoms with van der Waals surface area (Å²) in [6.45, 7) is 1.83. The Morgan fingerprint density at radius 1 is 1.30 bits per heavy atom. The summed E-state index contributed by atoms with van der Waals surface area (Å²) in [5.41, 5.74) is 1.05. The summed E-state index contributed by atoms with van der Waals surface area (Å²) in [6.07, 6.45) is 1.51. The number of carbonyl (C=O) groups excluding carboxylic acids is 1. The Balaban J connectivity index is 1.84. The van der Waals surface area contributed by atoms with Crippen LogP contribution in [0, 0.1) is 6.92 Å². The van der Waals surface area contributed by atoms with Crippen LogP contribution in [0.3, 0.4) is 0 Å². The number of anilines is 1. The van der Waals surface area contributed by atoms with Crippen molar-refractivity contribution in [1.82, 2.24) is 15.2 Å². The molecule has 0 atom stereocenters. The van der Waals surface area contributed by atoms with Crippen LogP contribution in [-0.4, -0.2) is 21.1 Å². The van der Waals surface area contributed by atoms with Crippen LogP contribution in [-0.2, 0) is 11.2 Å². The zero-order chi connectivity index (χ0) is 16.4. The highest BCUT2D eigenvalue weighted by molar-refractivity contribution is 6.31. The smallest absolute Gasteiger partial charge is 0.272 e. The van der Waals surface area contributed by atoms with Gasteiger partial charge in [-0.05, 0) is 24.6 Å². The molecule has 3 aromatic rings. The first-order valence-electron chi connectivity index (χ1n) is 6.93. The molecular formula is C16H13ClN4O2. The number of nitrogens with one attached hydrogen (secondary N) is 2. The standard InChI is InChI=1S/C16H13ClN4O2/c1-9-6-14(18-8-12(9)17)19-15(22)7-13-10-4-2-3-5-11(10)16(23)21-20-13/h2-6,8H,7H2,1H3,(H,21,23)(H,18,19,22). The van der Waals surface area contributed by atoms with Crippen molar-refractivity contribution in [2.45, 2.75) is 13.3 Å². The van der Waals surface area contributed by atoms with Gasteiger partial charge >= 0.3 is 0 Å². The Morgan fingerprint density at radius 2 is 2.04 bits per heavy atom. The van der Waals surface area contributed by atoms with Gasteiger partial charge in [0, 0.05) is 11.6 Å². The first-order valence-corrected chi connectivity index (χ1v) is 7.30. The van der Waals surface area contributed by atoms with Crippen LogP contribution >= 0.6 is 11.6 Å². The Hall–Kier alpha value is -2.73. The minimum atomic E-state index is -0.278. The molecule has 0 saturated carbocycles. The van der Waals surface area contributed by atoms with E-state index in [1.165, 1.54) is 6.20 Å². The average Bonchev–Trinajstić information content (AvgIpc) is 2.54. The quantitative estimate of drug-likeness (QED) is 0.773. The summed E-state index contributed by atoms with van der Waals surface area (Å²) < 4.78 is 0. The highest BCUT2D eigenvalue weighted by atomic mass is 35.5. The Labute approximate surface area is 136 Å². The second kappa shape index (κ2) is 6.18. The number of rotatable bonds is 3. The van der Waals surface area contributed by atoms with Gasteiger partial charge in [0.25, 0.3) is 5.56 Å². The van der Waals surface area contributed by atoms with Crippen molar-refractivity contribution in [3.8, 4) is 0 Å². The Kier molecular flexibility index (Phi) is 4.08. The van der Waals surface area contributed by atoms with Gasteiger partial charge < -0.3 is 5.32 Å². The number of hydrogen-bond acceptors (Lipinski definition) is 4. The number of amides is 1. The van der Waals surface area contributed by atoms with Crippen LogP contribution in [0.4, 0.5) is 5.82 Å². The second-order valence-corrected chi connectivity index (χ2v) is 5.50. The number of aromatic amines is 1. The van der Waals surface area contributed by atoms with Crippen LogP contribution in [0.15, 0.2) is 41.3 Å². The van der Waals surface area contributed by atoms with E-state index in [4.69, 9.17) is 11.6 Å². The van der Waals surface area contributed by atoms with Gasteiger partial charge in [-0.1, -0.05) is 29.8 Å². The molecule has 0 radical (unpaired) electrons. The molecule has 3 rings (SSSR count). The van der Waals surface area contributed by atoms with Gasteiger partial charge in [0.15, 0.2) is 0 Å². The molecule has 2 N–H and O–H groups in total.